The second-order valence-corrected chi connectivity index (χ2v) is 6.92. The Labute approximate surface area is 127 Å². The van der Waals surface area contributed by atoms with Gasteiger partial charge in [-0.2, -0.15) is 4.98 Å². The number of anilines is 1. The van der Waals surface area contributed by atoms with E-state index >= 15 is 0 Å². The first kappa shape index (κ1) is 12.8. The van der Waals surface area contributed by atoms with E-state index in [1.807, 2.05) is 0 Å². The number of hydrogen-bond donors (Lipinski definition) is 0. The van der Waals surface area contributed by atoms with Crippen molar-refractivity contribution < 1.29 is 0 Å². The van der Waals surface area contributed by atoms with Gasteiger partial charge in [0.25, 0.3) is 0 Å². The Kier molecular flexibility index (Phi) is 3.28. The van der Waals surface area contributed by atoms with Crippen LogP contribution in [0.25, 0.3) is 10.2 Å². The normalized spacial score (nSPS) is 20.8. The highest BCUT2D eigenvalue weighted by Crippen LogP contribution is 2.32. The quantitative estimate of drug-likeness (QED) is 0.816. The maximum atomic E-state index is 6.05. The number of hydrogen-bond acceptors (Lipinski definition) is 5. The molecular weight excluding hydrogens is 292 g/mol. The fraction of sp³-hybridized carbons (Fsp3) is 0.571. The average Bonchev–Trinajstić information content (AvgIpc) is 3.14. The van der Waals surface area contributed by atoms with Crippen LogP contribution in [0.1, 0.15) is 12.8 Å². The topological polar surface area (TPSA) is 32.3 Å². The SMILES string of the molecule is Clc1nc(N2CCN(CC3CC3)CC2)c2ccsc2n1. The molecule has 0 N–H and O–H groups in total. The molecule has 6 heteroatoms. The summed E-state index contributed by atoms with van der Waals surface area (Å²) in [6, 6.07) is 2.10. The van der Waals surface area contributed by atoms with E-state index < -0.39 is 0 Å². The van der Waals surface area contributed by atoms with Crippen LogP contribution in [0.15, 0.2) is 11.4 Å². The number of aromatic nitrogens is 2. The van der Waals surface area contributed by atoms with Crippen LogP contribution in [0.3, 0.4) is 0 Å². The number of thiophene rings is 1. The van der Waals surface area contributed by atoms with Crippen molar-refractivity contribution in [3.63, 3.8) is 0 Å². The molecule has 20 heavy (non-hydrogen) atoms. The zero-order valence-electron chi connectivity index (χ0n) is 11.3. The van der Waals surface area contributed by atoms with Crippen LogP contribution in [0.5, 0.6) is 0 Å². The second kappa shape index (κ2) is 5.13. The number of nitrogens with zero attached hydrogens (tertiary/aromatic N) is 4. The van der Waals surface area contributed by atoms with Crippen molar-refractivity contribution in [1.29, 1.82) is 0 Å². The van der Waals surface area contributed by atoms with E-state index in [-0.39, 0.29) is 0 Å². The number of rotatable bonds is 3. The third-order valence-electron chi connectivity index (χ3n) is 4.16. The van der Waals surface area contributed by atoms with Crippen LogP contribution < -0.4 is 4.90 Å². The molecular formula is C14H17ClN4S. The van der Waals surface area contributed by atoms with Gasteiger partial charge in [-0.05, 0) is 41.8 Å². The lowest BCUT2D eigenvalue weighted by Gasteiger charge is -2.35. The van der Waals surface area contributed by atoms with E-state index in [1.54, 1.807) is 11.3 Å². The Bertz CT molecular complexity index is 617. The van der Waals surface area contributed by atoms with Crippen molar-refractivity contribution in [3.8, 4) is 0 Å². The number of piperazine rings is 1. The average molecular weight is 309 g/mol. The molecule has 1 aliphatic carbocycles. The van der Waals surface area contributed by atoms with Gasteiger partial charge in [0.2, 0.25) is 5.28 Å². The molecule has 0 spiro atoms. The predicted octanol–water partition coefficient (Wildman–Crippen LogP) is 2.88. The van der Waals surface area contributed by atoms with Crippen molar-refractivity contribution in [2.45, 2.75) is 12.8 Å². The highest BCUT2D eigenvalue weighted by Gasteiger charge is 2.27. The maximum absolute atomic E-state index is 6.05. The smallest absolute Gasteiger partial charge is 0.225 e. The van der Waals surface area contributed by atoms with Gasteiger partial charge < -0.3 is 4.90 Å². The highest BCUT2D eigenvalue weighted by atomic mass is 35.5. The van der Waals surface area contributed by atoms with Crippen LogP contribution in [0.4, 0.5) is 5.82 Å². The minimum absolute atomic E-state index is 0.357. The molecule has 0 unspecified atom stereocenters. The Hall–Kier alpha value is -0.910. The van der Waals surface area contributed by atoms with Crippen molar-refractivity contribution in [1.82, 2.24) is 14.9 Å². The standard InChI is InChI=1S/C14H17ClN4S/c15-14-16-12(11-3-8-20-13(11)17-14)19-6-4-18(5-7-19)9-10-1-2-10/h3,8,10H,1-2,4-7,9H2. The largest absolute Gasteiger partial charge is 0.353 e. The Balaban J connectivity index is 1.53. The first-order valence-corrected chi connectivity index (χ1v) is 8.43. The van der Waals surface area contributed by atoms with Crippen LogP contribution in [-0.2, 0) is 0 Å². The molecule has 0 amide bonds. The van der Waals surface area contributed by atoms with Crippen LogP contribution in [0, 0.1) is 5.92 Å². The van der Waals surface area contributed by atoms with E-state index in [0.717, 1.165) is 48.1 Å². The van der Waals surface area contributed by atoms with Gasteiger partial charge in [0, 0.05) is 32.7 Å². The lowest BCUT2D eigenvalue weighted by atomic mass is 10.2. The van der Waals surface area contributed by atoms with Gasteiger partial charge >= 0.3 is 0 Å². The summed E-state index contributed by atoms with van der Waals surface area (Å²) in [7, 11) is 0. The van der Waals surface area contributed by atoms with Gasteiger partial charge in [-0.25, -0.2) is 4.98 Å². The van der Waals surface area contributed by atoms with Crippen LogP contribution in [0.2, 0.25) is 5.28 Å². The molecule has 0 atom stereocenters. The number of fused-ring (bicyclic) bond motifs is 1. The fourth-order valence-electron chi connectivity index (χ4n) is 2.86. The molecule has 2 aliphatic rings. The summed E-state index contributed by atoms with van der Waals surface area (Å²) in [5.74, 6) is 1.98. The van der Waals surface area contributed by atoms with Gasteiger partial charge in [-0.1, -0.05) is 0 Å². The van der Waals surface area contributed by atoms with Gasteiger partial charge in [-0.3, -0.25) is 4.90 Å². The molecule has 106 valence electrons. The number of halogens is 1. The van der Waals surface area contributed by atoms with E-state index in [4.69, 9.17) is 11.6 Å². The minimum Gasteiger partial charge on any atom is -0.353 e. The van der Waals surface area contributed by atoms with Crippen molar-refractivity contribution in [2.24, 2.45) is 5.92 Å². The monoisotopic (exact) mass is 308 g/mol. The molecule has 0 aromatic carbocycles. The molecule has 4 nitrogen and oxygen atoms in total. The Morgan fingerprint density at radius 2 is 2.00 bits per heavy atom. The zero-order valence-corrected chi connectivity index (χ0v) is 12.8. The molecule has 0 bridgehead atoms. The highest BCUT2D eigenvalue weighted by molar-refractivity contribution is 7.16. The van der Waals surface area contributed by atoms with Gasteiger partial charge in [0.05, 0.1) is 5.39 Å². The minimum atomic E-state index is 0.357. The molecule has 1 saturated heterocycles. The lowest BCUT2D eigenvalue weighted by molar-refractivity contribution is 0.248. The third kappa shape index (κ3) is 2.50. The summed E-state index contributed by atoms with van der Waals surface area (Å²) >= 11 is 7.68. The maximum Gasteiger partial charge on any atom is 0.225 e. The predicted molar refractivity (Wildman–Crippen MR) is 83.8 cm³/mol. The van der Waals surface area contributed by atoms with Crippen LogP contribution in [-0.4, -0.2) is 47.6 Å². The van der Waals surface area contributed by atoms with Gasteiger partial charge in [0.1, 0.15) is 10.6 Å². The van der Waals surface area contributed by atoms with Gasteiger partial charge in [-0.15, -0.1) is 11.3 Å². The van der Waals surface area contributed by atoms with E-state index in [0.29, 0.717) is 5.28 Å². The Morgan fingerprint density at radius 1 is 1.20 bits per heavy atom. The zero-order chi connectivity index (χ0) is 13.5. The van der Waals surface area contributed by atoms with Crippen LogP contribution >= 0.6 is 22.9 Å². The van der Waals surface area contributed by atoms with Crippen molar-refractivity contribution in [3.05, 3.63) is 16.7 Å². The summed E-state index contributed by atoms with van der Waals surface area (Å²) in [6.45, 7) is 5.61. The summed E-state index contributed by atoms with van der Waals surface area (Å²) in [5, 5.41) is 3.55. The summed E-state index contributed by atoms with van der Waals surface area (Å²) in [6.07, 6.45) is 2.86. The fourth-order valence-corrected chi connectivity index (χ4v) is 3.84. The van der Waals surface area contributed by atoms with E-state index in [2.05, 4.69) is 31.2 Å². The molecule has 2 aromatic rings. The summed E-state index contributed by atoms with van der Waals surface area (Å²) < 4.78 is 0. The van der Waals surface area contributed by atoms with Crippen molar-refractivity contribution in [2.75, 3.05) is 37.6 Å². The van der Waals surface area contributed by atoms with Crippen molar-refractivity contribution >= 4 is 39.0 Å². The third-order valence-corrected chi connectivity index (χ3v) is 5.14. The van der Waals surface area contributed by atoms with E-state index in [1.165, 1.54) is 19.4 Å². The first-order chi connectivity index (χ1) is 9.79. The molecule has 0 radical (unpaired) electrons. The Morgan fingerprint density at radius 3 is 2.75 bits per heavy atom. The molecule has 2 fully saturated rings. The van der Waals surface area contributed by atoms with Gasteiger partial charge in [0.15, 0.2) is 0 Å². The lowest BCUT2D eigenvalue weighted by Crippen LogP contribution is -2.47. The first-order valence-electron chi connectivity index (χ1n) is 7.17. The van der Waals surface area contributed by atoms with E-state index in [9.17, 15) is 0 Å². The molecule has 1 aliphatic heterocycles. The molecule has 3 heterocycles. The molecule has 2 aromatic heterocycles. The summed E-state index contributed by atoms with van der Waals surface area (Å²) in [4.78, 5) is 14.7. The molecule has 4 rings (SSSR count). The summed E-state index contributed by atoms with van der Waals surface area (Å²) in [5.41, 5.74) is 0. The molecule has 1 saturated carbocycles. The second-order valence-electron chi connectivity index (χ2n) is 5.69.